The van der Waals surface area contributed by atoms with Gasteiger partial charge in [0, 0.05) is 16.8 Å². The van der Waals surface area contributed by atoms with Crippen molar-refractivity contribution in [3.05, 3.63) is 47.5 Å². The third-order valence-corrected chi connectivity index (χ3v) is 4.75. The Balaban J connectivity index is 1.70. The van der Waals surface area contributed by atoms with Crippen molar-refractivity contribution in [3.8, 4) is 28.6 Å². The summed E-state index contributed by atoms with van der Waals surface area (Å²) < 4.78 is 88.2. The molecule has 0 saturated heterocycles. The van der Waals surface area contributed by atoms with Gasteiger partial charge in [-0.15, -0.1) is 0 Å². The Hall–Kier alpha value is -3.57. The Labute approximate surface area is 176 Å². The molecule has 0 fully saturated rings. The van der Waals surface area contributed by atoms with E-state index in [9.17, 15) is 31.1 Å². The number of amides is 1. The van der Waals surface area contributed by atoms with Gasteiger partial charge in [0.15, 0.2) is 6.10 Å². The molecule has 0 saturated carbocycles. The summed E-state index contributed by atoms with van der Waals surface area (Å²) in [5, 5.41) is 6.43. The number of hydrogen-bond donors (Lipinski definition) is 1. The van der Waals surface area contributed by atoms with Gasteiger partial charge in [-0.3, -0.25) is 4.79 Å². The van der Waals surface area contributed by atoms with Gasteiger partial charge in [-0.25, -0.2) is 0 Å². The van der Waals surface area contributed by atoms with E-state index in [-0.39, 0.29) is 29.6 Å². The number of halogens is 6. The summed E-state index contributed by atoms with van der Waals surface area (Å²) in [4.78, 5) is 15.7. The van der Waals surface area contributed by atoms with Crippen LogP contribution in [0.25, 0.3) is 22.8 Å². The number of benzene rings is 2. The summed E-state index contributed by atoms with van der Waals surface area (Å²) in [6, 6.07) is 7.39. The number of rotatable bonds is 4. The molecule has 168 valence electrons. The zero-order valence-corrected chi connectivity index (χ0v) is 16.1. The molecule has 1 unspecified atom stereocenters. The summed E-state index contributed by atoms with van der Waals surface area (Å²) in [5.74, 6) is -1.44. The highest BCUT2D eigenvalue weighted by molar-refractivity contribution is 6.01. The van der Waals surface area contributed by atoms with Crippen molar-refractivity contribution in [1.29, 1.82) is 0 Å². The van der Waals surface area contributed by atoms with Crippen LogP contribution in [0.4, 0.5) is 32.0 Å². The topological polar surface area (TPSA) is 77.2 Å². The molecule has 1 amide bonds. The lowest BCUT2D eigenvalue weighted by molar-refractivity contribution is -0.191. The van der Waals surface area contributed by atoms with Gasteiger partial charge in [-0.1, -0.05) is 17.3 Å². The highest BCUT2D eigenvalue weighted by atomic mass is 19.4. The van der Waals surface area contributed by atoms with Crippen molar-refractivity contribution in [2.75, 3.05) is 5.32 Å². The zero-order chi connectivity index (χ0) is 23.3. The zero-order valence-electron chi connectivity index (χ0n) is 16.1. The van der Waals surface area contributed by atoms with Crippen LogP contribution >= 0.6 is 0 Å². The summed E-state index contributed by atoms with van der Waals surface area (Å²) in [6.07, 6.45) is -12.2. The van der Waals surface area contributed by atoms with Crippen LogP contribution in [-0.4, -0.2) is 28.3 Å². The highest BCUT2D eigenvalue weighted by Gasteiger charge is 2.41. The first-order valence-corrected chi connectivity index (χ1v) is 9.14. The average molecular weight is 457 g/mol. The summed E-state index contributed by atoms with van der Waals surface area (Å²) in [6.45, 7) is 0.607. The molecule has 0 spiro atoms. The Morgan fingerprint density at radius 3 is 2.56 bits per heavy atom. The molecule has 0 radical (unpaired) electrons. The van der Waals surface area contributed by atoms with E-state index in [1.165, 1.54) is 0 Å². The first-order chi connectivity index (χ1) is 14.9. The second-order valence-electron chi connectivity index (χ2n) is 6.99. The predicted molar refractivity (Wildman–Crippen MR) is 98.7 cm³/mol. The van der Waals surface area contributed by atoms with Crippen molar-refractivity contribution in [3.63, 3.8) is 0 Å². The van der Waals surface area contributed by atoms with Gasteiger partial charge in [-0.05, 0) is 36.8 Å². The second kappa shape index (κ2) is 7.53. The summed E-state index contributed by atoms with van der Waals surface area (Å²) in [5.41, 5.74) is 0.0705. The van der Waals surface area contributed by atoms with Crippen molar-refractivity contribution in [1.82, 2.24) is 10.1 Å². The minimum absolute atomic E-state index is 0.0490. The molecule has 32 heavy (non-hydrogen) atoms. The fourth-order valence-corrected chi connectivity index (χ4v) is 3.15. The van der Waals surface area contributed by atoms with Crippen molar-refractivity contribution >= 4 is 11.6 Å². The molecule has 12 heteroatoms. The number of hydrogen-bond acceptors (Lipinski definition) is 5. The highest BCUT2D eigenvalue weighted by Crippen LogP contribution is 2.40. The van der Waals surface area contributed by atoms with Crippen molar-refractivity contribution in [2.45, 2.75) is 31.8 Å². The fraction of sp³-hybridized carbons (Fsp3) is 0.250. The fourth-order valence-electron chi connectivity index (χ4n) is 3.15. The Morgan fingerprint density at radius 2 is 1.88 bits per heavy atom. The average Bonchev–Trinajstić information content (AvgIpc) is 3.32. The molecule has 3 aromatic rings. The number of aromatic nitrogens is 2. The van der Waals surface area contributed by atoms with Crippen LogP contribution in [0, 0.1) is 0 Å². The first-order valence-electron chi connectivity index (χ1n) is 9.14. The smallest absolute Gasteiger partial charge is 0.425 e. The van der Waals surface area contributed by atoms with Crippen LogP contribution in [0.2, 0.25) is 0 Å². The van der Waals surface area contributed by atoms with Crippen LogP contribution < -0.4 is 10.1 Å². The molecular weight excluding hydrogens is 444 g/mol. The molecule has 1 N–H and O–H groups in total. The van der Waals surface area contributed by atoms with Gasteiger partial charge in [0.25, 0.3) is 5.89 Å². The Bertz CT molecular complexity index is 1190. The van der Waals surface area contributed by atoms with E-state index < -0.39 is 29.8 Å². The largest absolute Gasteiger partial charge is 0.481 e. The van der Waals surface area contributed by atoms with Gasteiger partial charge in [0.05, 0.1) is 12.0 Å². The van der Waals surface area contributed by atoms with Crippen LogP contribution in [-0.2, 0) is 17.4 Å². The molecule has 2 aromatic carbocycles. The second-order valence-corrected chi connectivity index (χ2v) is 6.99. The van der Waals surface area contributed by atoms with E-state index >= 15 is 0 Å². The number of nitrogens with zero attached hydrogens (tertiary/aromatic N) is 2. The standard InChI is InChI=1S/C20H13F6N3O3/c1-9(19(21,22)23)31-15-6-5-10(7-13(15)20(24,25)26)18-28-17(29-32-18)11-3-2-4-14-12(11)8-16(30)27-14/h2-7,9H,8H2,1H3,(H,27,30). The molecule has 2 heterocycles. The molecule has 4 rings (SSSR count). The van der Waals surface area contributed by atoms with E-state index in [0.717, 1.165) is 12.1 Å². The van der Waals surface area contributed by atoms with Crippen LogP contribution in [0.1, 0.15) is 18.1 Å². The maximum absolute atomic E-state index is 13.5. The van der Waals surface area contributed by atoms with E-state index in [1.807, 2.05) is 0 Å². The Morgan fingerprint density at radius 1 is 1.12 bits per heavy atom. The summed E-state index contributed by atoms with van der Waals surface area (Å²) >= 11 is 0. The molecule has 1 atom stereocenters. The molecule has 1 aliphatic rings. The molecule has 1 aliphatic heterocycles. The number of carbonyl (C=O) groups is 1. The minimum Gasteiger partial charge on any atom is -0.481 e. The third-order valence-electron chi connectivity index (χ3n) is 4.75. The van der Waals surface area contributed by atoms with Crippen LogP contribution in [0.15, 0.2) is 40.9 Å². The van der Waals surface area contributed by atoms with Gasteiger partial charge in [0.2, 0.25) is 11.7 Å². The third kappa shape index (κ3) is 4.12. The van der Waals surface area contributed by atoms with Crippen LogP contribution in [0.3, 0.4) is 0 Å². The normalized spacial score (nSPS) is 14.8. The number of anilines is 1. The van der Waals surface area contributed by atoms with E-state index in [4.69, 9.17) is 4.52 Å². The lowest BCUT2D eigenvalue weighted by Crippen LogP contribution is -2.31. The number of fused-ring (bicyclic) bond motifs is 1. The quantitative estimate of drug-likeness (QED) is 0.542. The Kier molecular flexibility index (Phi) is 5.10. The number of alkyl halides is 6. The van der Waals surface area contributed by atoms with E-state index in [0.29, 0.717) is 29.8 Å². The van der Waals surface area contributed by atoms with E-state index in [2.05, 4.69) is 20.2 Å². The lowest BCUT2D eigenvalue weighted by atomic mass is 10.0. The first kappa shape index (κ1) is 21.7. The lowest BCUT2D eigenvalue weighted by Gasteiger charge is -2.20. The maximum atomic E-state index is 13.5. The molecule has 0 bridgehead atoms. The number of carbonyl (C=O) groups excluding carboxylic acids is 1. The van der Waals surface area contributed by atoms with Gasteiger partial charge >= 0.3 is 12.4 Å². The van der Waals surface area contributed by atoms with Gasteiger partial charge in [-0.2, -0.15) is 31.3 Å². The van der Waals surface area contributed by atoms with Gasteiger partial charge < -0.3 is 14.6 Å². The molecule has 0 aliphatic carbocycles. The SMILES string of the molecule is CC(Oc1ccc(-c2nc(-c3cccc4c3CC(=O)N4)no2)cc1C(F)(F)F)C(F)(F)F. The van der Waals surface area contributed by atoms with Crippen molar-refractivity contribution in [2.24, 2.45) is 0 Å². The number of ether oxygens (including phenoxy) is 1. The minimum atomic E-state index is -4.99. The van der Waals surface area contributed by atoms with E-state index in [1.54, 1.807) is 18.2 Å². The molecule has 1 aromatic heterocycles. The van der Waals surface area contributed by atoms with Crippen LogP contribution in [0.5, 0.6) is 5.75 Å². The van der Waals surface area contributed by atoms with Crippen molar-refractivity contribution < 1.29 is 40.4 Å². The predicted octanol–water partition coefficient (Wildman–Crippen LogP) is 5.25. The molecular formula is C20H13F6N3O3. The monoisotopic (exact) mass is 457 g/mol. The number of nitrogens with one attached hydrogen (secondary N) is 1. The summed E-state index contributed by atoms with van der Waals surface area (Å²) in [7, 11) is 0. The molecule has 6 nitrogen and oxygen atoms in total. The maximum Gasteiger partial charge on any atom is 0.425 e. The van der Waals surface area contributed by atoms with Gasteiger partial charge in [0.1, 0.15) is 5.75 Å².